The van der Waals surface area contributed by atoms with Gasteiger partial charge < -0.3 is 14.8 Å². The third kappa shape index (κ3) is 3.63. The van der Waals surface area contributed by atoms with Crippen LogP contribution in [0.25, 0.3) is 10.2 Å². The van der Waals surface area contributed by atoms with Gasteiger partial charge in [-0.15, -0.1) is 11.3 Å². The number of methoxy groups -OCH3 is 1. The summed E-state index contributed by atoms with van der Waals surface area (Å²) in [6.45, 7) is 2.87. The standard InChI is InChI=1S/C12H17N3O2S/c1-16-6-7-17-5-2-4-13-11-10-3-8-18-12(10)15-9-14-11/h3,8-9H,2,4-7H2,1H3,(H,13,14,15). The summed E-state index contributed by atoms with van der Waals surface area (Å²) in [6.07, 6.45) is 2.54. The molecule has 0 bridgehead atoms. The fraction of sp³-hybridized carbons (Fsp3) is 0.500. The number of rotatable bonds is 8. The van der Waals surface area contributed by atoms with Crippen LogP contribution in [0.4, 0.5) is 5.82 Å². The Morgan fingerprint density at radius 2 is 2.22 bits per heavy atom. The van der Waals surface area contributed by atoms with Crippen LogP contribution in [0.2, 0.25) is 0 Å². The SMILES string of the molecule is COCCOCCCNc1ncnc2sccc12. The molecule has 0 atom stereocenters. The van der Waals surface area contributed by atoms with E-state index in [4.69, 9.17) is 9.47 Å². The van der Waals surface area contributed by atoms with E-state index in [9.17, 15) is 0 Å². The molecule has 18 heavy (non-hydrogen) atoms. The molecule has 2 heterocycles. The minimum atomic E-state index is 0.648. The topological polar surface area (TPSA) is 56.3 Å². The van der Waals surface area contributed by atoms with Crippen LogP contribution in [0.1, 0.15) is 6.42 Å². The van der Waals surface area contributed by atoms with Crippen LogP contribution in [-0.4, -0.2) is 43.4 Å². The highest BCUT2D eigenvalue weighted by Crippen LogP contribution is 2.23. The zero-order chi connectivity index (χ0) is 12.6. The van der Waals surface area contributed by atoms with E-state index in [0.717, 1.165) is 35.6 Å². The Morgan fingerprint density at radius 1 is 1.28 bits per heavy atom. The number of nitrogens with zero attached hydrogens (tertiary/aromatic N) is 2. The van der Waals surface area contributed by atoms with E-state index >= 15 is 0 Å². The van der Waals surface area contributed by atoms with Crippen LogP contribution in [0.5, 0.6) is 0 Å². The van der Waals surface area contributed by atoms with Crippen LogP contribution < -0.4 is 5.32 Å². The van der Waals surface area contributed by atoms with Gasteiger partial charge in [-0.25, -0.2) is 9.97 Å². The van der Waals surface area contributed by atoms with E-state index in [-0.39, 0.29) is 0 Å². The van der Waals surface area contributed by atoms with Crippen molar-refractivity contribution in [2.45, 2.75) is 6.42 Å². The molecule has 0 aliphatic heterocycles. The average molecular weight is 267 g/mol. The number of anilines is 1. The molecule has 0 aliphatic carbocycles. The molecule has 0 saturated carbocycles. The molecule has 0 aromatic carbocycles. The second kappa shape index (κ2) is 7.25. The van der Waals surface area contributed by atoms with Crippen LogP contribution >= 0.6 is 11.3 Å². The van der Waals surface area contributed by atoms with Crippen molar-refractivity contribution < 1.29 is 9.47 Å². The first-order valence-corrected chi connectivity index (χ1v) is 6.78. The van der Waals surface area contributed by atoms with E-state index < -0.39 is 0 Å². The van der Waals surface area contributed by atoms with E-state index in [1.165, 1.54) is 0 Å². The lowest BCUT2D eigenvalue weighted by Crippen LogP contribution is -2.09. The minimum Gasteiger partial charge on any atom is -0.382 e. The van der Waals surface area contributed by atoms with Gasteiger partial charge >= 0.3 is 0 Å². The molecule has 0 saturated heterocycles. The summed E-state index contributed by atoms with van der Waals surface area (Å²) in [4.78, 5) is 9.48. The number of ether oxygens (including phenoxy) is 2. The number of nitrogens with one attached hydrogen (secondary N) is 1. The van der Waals surface area contributed by atoms with E-state index in [1.807, 2.05) is 11.4 Å². The lowest BCUT2D eigenvalue weighted by atomic mass is 10.3. The zero-order valence-corrected chi connectivity index (χ0v) is 11.2. The Balaban J connectivity index is 1.72. The van der Waals surface area contributed by atoms with E-state index in [0.29, 0.717) is 13.2 Å². The summed E-state index contributed by atoms with van der Waals surface area (Å²) >= 11 is 1.62. The molecule has 0 radical (unpaired) electrons. The Hall–Kier alpha value is -1.24. The number of hydrogen-bond acceptors (Lipinski definition) is 6. The summed E-state index contributed by atoms with van der Waals surface area (Å²) in [6, 6.07) is 2.04. The molecule has 0 aliphatic rings. The monoisotopic (exact) mass is 267 g/mol. The largest absolute Gasteiger partial charge is 0.382 e. The maximum Gasteiger partial charge on any atom is 0.138 e. The van der Waals surface area contributed by atoms with Crippen molar-refractivity contribution in [2.24, 2.45) is 0 Å². The zero-order valence-electron chi connectivity index (χ0n) is 10.4. The maximum atomic E-state index is 5.39. The van der Waals surface area contributed by atoms with Crippen LogP contribution in [-0.2, 0) is 9.47 Å². The van der Waals surface area contributed by atoms with Gasteiger partial charge in [0.15, 0.2) is 0 Å². The molecular formula is C12H17N3O2S. The summed E-state index contributed by atoms with van der Waals surface area (Å²) in [5.41, 5.74) is 0. The molecule has 2 rings (SSSR count). The fourth-order valence-corrected chi connectivity index (χ4v) is 2.29. The predicted octanol–water partition coefficient (Wildman–Crippen LogP) is 2.16. The average Bonchev–Trinajstić information content (AvgIpc) is 2.86. The summed E-state index contributed by atoms with van der Waals surface area (Å²) in [5, 5.41) is 6.42. The first-order valence-electron chi connectivity index (χ1n) is 5.90. The highest BCUT2D eigenvalue weighted by Gasteiger charge is 2.03. The molecular weight excluding hydrogens is 250 g/mol. The normalized spacial score (nSPS) is 10.9. The first-order chi connectivity index (χ1) is 8.92. The lowest BCUT2D eigenvalue weighted by molar-refractivity contribution is 0.0705. The Morgan fingerprint density at radius 3 is 3.11 bits per heavy atom. The molecule has 2 aromatic heterocycles. The van der Waals surface area contributed by atoms with Gasteiger partial charge in [-0.1, -0.05) is 0 Å². The van der Waals surface area contributed by atoms with Crippen LogP contribution in [0, 0.1) is 0 Å². The fourth-order valence-electron chi connectivity index (χ4n) is 1.56. The second-order valence-electron chi connectivity index (χ2n) is 3.75. The molecule has 0 unspecified atom stereocenters. The van der Waals surface area contributed by atoms with E-state index in [1.54, 1.807) is 24.8 Å². The van der Waals surface area contributed by atoms with E-state index in [2.05, 4.69) is 15.3 Å². The van der Waals surface area contributed by atoms with Crippen molar-refractivity contribution in [1.29, 1.82) is 0 Å². The Labute approximate surface area is 110 Å². The molecule has 5 nitrogen and oxygen atoms in total. The highest BCUT2D eigenvalue weighted by molar-refractivity contribution is 7.16. The molecule has 2 aromatic rings. The van der Waals surface area contributed by atoms with Gasteiger partial charge in [0.25, 0.3) is 0 Å². The summed E-state index contributed by atoms with van der Waals surface area (Å²) < 4.78 is 10.3. The number of thiophene rings is 1. The minimum absolute atomic E-state index is 0.648. The molecule has 0 amide bonds. The number of aromatic nitrogens is 2. The van der Waals surface area contributed by atoms with Gasteiger partial charge in [-0.2, -0.15) is 0 Å². The summed E-state index contributed by atoms with van der Waals surface area (Å²) in [5.74, 6) is 0.901. The van der Waals surface area contributed by atoms with Gasteiger partial charge in [0.1, 0.15) is 17.0 Å². The van der Waals surface area contributed by atoms with Crippen molar-refractivity contribution in [3.05, 3.63) is 17.8 Å². The van der Waals surface area contributed by atoms with Gasteiger partial charge in [-0.3, -0.25) is 0 Å². The second-order valence-corrected chi connectivity index (χ2v) is 4.64. The molecule has 98 valence electrons. The Bertz CT molecular complexity index is 475. The number of hydrogen-bond donors (Lipinski definition) is 1. The molecule has 0 fully saturated rings. The van der Waals surface area contributed by atoms with Crippen molar-refractivity contribution in [1.82, 2.24) is 9.97 Å². The van der Waals surface area contributed by atoms with Crippen molar-refractivity contribution in [3.8, 4) is 0 Å². The lowest BCUT2D eigenvalue weighted by Gasteiger charge is -2.06. The van der Waals surface area contributed by atoms with Gasteiger partial charge in [-0.05, 0) is 17.9 Å². The van der Waals surface area contributed by atoms with Crippen molar-refractivity contribution in [2.75, 3.05) is 38.8 Å². The van der Waals surface area contributed by atoms with Crippen molar-refractivity contribution >= 4 is 27.4 Å². The summed E-state index contributed by atoms with van der Waals surface area (Å²) in [7, 11) is 1.67. The maximum absolute atomic E-state index is 5.39. The van der Waals surface area contributed by atoms with Crippen molar-refractivity contribution in [3.63, 3.8) is 0 Å². The van der Waals surface area contributed by atoms with Crippen LogP contribution in [0.3, 0.4) is 0 Å². The number of fused-ring (bicyclic) bond motifs is 1. The molecule has 0 spiro atoms. The smallest absolute Gasteiger partial charge is 0.138 e. The van der Waals surface area contributed by atoms with Gasteiger partial charge in [0, 0.05) is 20.3 Å². The Kier molecular flexibility index (Phi) is 5.32. The first kappa shape index (κ1) is 13.2. The molecule has 1 N–H and O–H groups in total. The van der Waals surface area contributed by atoms with Gasteiger partial charge in [0.2, 0.25) is 0 Å². The quantitative estimate of drug-likeness (QED) is 0.743. The third-order valence-corrected chi connectivity index (χ3v) is 3.27. The predicted molar refractivity (Wildman–Crippen MR) is 73.2 cm³/mol. The van der Waals surface area contributed by atoms with Crippen LogP contribution in [0.15, 0.2) is 17.8 Å². The third-order valence-electron chi connectivity index (χ3n) is 2.45. The highest BCUT2D eigenvalue weighted by atomic mass is 32.1. The molecule has 6 heteroatoms. The van der Waals surface area contributed by atoms with Gasteiger partial charge in [0.05, 0.1) is 18.6 Å².